The first kappa shape index (κ1) is 24.2. The van der Waals surface area contributed by atoms with Gasteiger partial charge < -0.3 is 19.0 Å². The zero-order valence-electron chi connectivity index (χ0n) is 19.4. The van der Waals surface area contributed by atoms with Crippen molar-refractivity contribution < 1.29 is 28.6 Å². The molecule has 0 bridgehead atoms. The maximum Gasteiger partial charge on any atom is 0.338 e. The number of carbonyl (C=O) groups excluding carboxylic acids is 2. The molecule has 0 aromatic carbocycles. The molecule has 0 heterocycles. The standard InChI is InChI=1S/C22H38O6Si/c1-20(2,3)29(8,9)28-17-11-10-14-12-16(23)15(22(5,25)19(24)27-7)13-21(14,4)18(17)26-6/h12,15,17-18,25H,10-11,13H2,1-9H3/t15-,17+,18+,21+,22?/m1/s1. The molecule has 29 heavy (non-hydrogen) atoms. The monoisotopic (exact) mass is 426 g/mol. The lowest BCUT2D eigenvalue weighted by molar-refractivity contribution is -0.173. The molecule has 0 aromatic rings. The molecule has 1 unspecified atom stereocenters. The molecule has 0 radical (unpaired) electrons. The van der Waals surface area contributed by atoms with Gasteiger partial charge in [-0.1, -0.05) is 33.3 Å². The minimum Gasteiger partial charge on any atom is -0.467 e. The number of methoxy groups -OCH3 is 2. The molecule has 0 aromatic heterocycles. The number of fused-ring (bicyclic) bond motifs is 1. The number of hydrogen-bond acceptors (Lipinski definition) is 6. The summed E-state index contributed by atoms with van der Waals surface area (Å²) in [6.07, 6.45) is 3.10. The Labute approximate surface area is 176 Å². The van der Waals surface area contributed by atoms with Crippen LogP contribution in [-0.4, -0.2) is 57.2 Å². The van der Waals surface area contributed by atoms with Crippen LogP contribution in [0.4, 0.5) is 0 Å². The van der Waals surface area contributed by atoms with Gasteiger partial charge in [-0.2, -0.15) is 0 Å². The molecule has 5 atom stereocenters. The zero-order valence-corrected chi connectivity index (χ0v) is 20.4. The average Bonchev–Trinajstić information content (AvgIpc) is 2.59. The summed E-state index contributed by atoms with van der Waals surface area (Å²) in [6, 6.07) is 0. The van der Waals surface area contributed by atoms with E-state index in [1.165, 1.54) is 14.0 Å². The summed E-state index contributed by atoms with van der Waals surface area (Å²) in [4.78, 5) is 24.9. The highest BCUT2D eigenvalue weighted by atomic mass is 28.4. The summed E-state index contributed by atoms with van der Waals surface area (Å²) in [5.74, 6) is -1.91. The van der Waals surface area contributed by atoms with Crippen molar-refractivity contribution in [1.82, 2.24) is 0 Å². The van der Waals surface area contributed by atoms with E-state index in [9.17, 15) is 14.7 Å². The number of ketones is 1. The van der Waals surface area contributed by atoms with E-state index in [0.717, 1.165) is 18.4 Å². The third-order valence-electron chi connectivity index (χ3n) is 7.47. The fourth-order valence-electron chi connectivity index (χ4n) is 4.52. The fourth-order valence-corrected chi connectivity index (χ4v) is 5.87. The average molecular weight is 427 g/mol. The van der Waals surface area contributed by atoms with Crippen molar-refractivity contribution in [1.29, 1.82) is 0 Å². The summed E-state index contributed by atoms with van der Waals surface area (Å²) in [6.45, 7) is 14.5. The molecular weight excluding hydrogens is 388 g/mol. The van der Waals surface area contributed by atoms with E-state index >= 15 is 0 Å². The third-order valence-corrected chi connectivity index (χ3v) is 12.0. The van der Waals surface area contributed by atoms with E-state index in [0.29, 0.717) is 6.42 Å². The van der Waals surface area contributed by atoms with Crippen LogP contribution in [-0.2, 0) is 23.5 Å². The minimum absolute atomic E-state index is 0.0714. The van der Waals surface area contributed by atoms with Crippen LogP contribution in [0.2, 0.25) is 18.1 Å². The van der Waals surface area contributed by atoms with Crippen LogP contribution in [0.1, 0.15) is 53.9 Å². The Morgan fingerprint density at radius 3 is 2.31 bits per heavy atom. The van der Waals surface area contributed by atoms with Gasteiger partial charge in [0.05, 0.1) is 25.2 Å². The maximum atomic E-state index is 12.8. The number of rotatable bonds is 5. The van der Waals surface area contributed by atoms with Crippen molar-refractivity contribution in [3.63, 3.8) is 0 Å². The van der Waals surface area contributed by atoms with Gasteiger partial charge in [0.2, 0.25) is 0 Å². The highest BCUT2D eigenvalue weighted by Gasteiger charge is 2.56. The molecule has 1 N–H and O–H groups in total. The smallest absolute Gasteiger partial charge is 0.338 e. The predicted molar refractivity (Wildman–Crippen MR) is 114 cm³/mol. The molecule has 2 aliphatic rings. The predicted octanol–water partition coefficient (Wildman–Crippen LogP) is 3.63. The minimum atomic E-state index is -2.02. The zero-order chi connectivity index (χ0) is 22.4. The molecule has 0 aliphatic heterocycles. The quantitative estimate of drug-likeness (QED) is 0.534. The van der Waals surface area contributed by atoms with Gasteiger partial charge in [-0.25, -0.2) is 4.79 Å². The maximum absolute atomic E-state index is 12.8. The van der Waals surface area contributed by atoms with Gasteiger partial charge in [0.1, 0.15) is 0 Å². The van der Waals surface area contributed by atoms with Gasteiger partial charge in [-0.05, 0) is 50.4 Å². The summed E-state index contributed by atoms with van der Waals surface area (Å²) >= 11 is 0. The van der Waals surface area contributed by atoms with Gasteiger partial charge in [-0.3, -0.25) is 4.79 Å². The van der Waals surface area contributed by atoms with Crippen molar-refractivity contribution in [2.75, 3.05) is 14.2 Å². The number of esters is 1. The van der Waals surface area contributed by atoms with Crippen molar-refractivity contribution >= 4 is 20.1 Å². The molecule has 6 nitrogen and oxygen atoms in total. The molecule has 2 rings (SSSR count). The Hall–Kier alpha value is -1.02. The number of carbonyl (C=O) groups is 2. The number of aliphatic hydroxyl groups is 1. The number of allylic oxidation sites excluding steroid dienone is 1. The Kier molecular flexibility index (Phi) is 6.61. The van der Waals surface area contributed by atoms with E-state index in [1.54, 1.807) is 13.2 Å². The van der Waals surface area contributed by atoms with Gasteiger partial charge >= 0.3 is 5.97 Å². The summed E-state index contributed by atoms with van der Waals surface area (Å²) < 4.78 is 17.4. The summed E-state index contributed by atoms with van der Waals surface area (Å²) in [7, 11) is 0.868. The normalized spacial score (nSPS) is 32.8. The number of ether oxygens (including phenoxy) is 2. The highest BCUT2D eigenvalue weighted by Crippen LogP contribution is 2.53. The van der Waals surface area contributed by atoms with Gasteiger partial charge in [0, 0.05) is 12.5 Å². The first-order valence-electron chi connectivity index (χ1n) is 10.4. The lowest BCUT2D eigenvalue weighted by Gasteiger charge is -2.53. The second-order valence-electron chi connectivity index (χ2n) is 10.5. The topological polar surface area (TPSA) is 82.1 Å². The molecule has 7 heteroatoms. The Morgan fingerprint density at radius 2 is 1.83 bits per heavy atom. The first-order valence-corrected chi connectivity index (χ1v) is 13.3. The number of hydrogen-bond donors (Lipinski definition) is 1. The summed E-state index contributed by atoms with van der Waals surface area (Å²) in [5, 5.41) is 10.9. The Bertz CT molecular complexity index is 690. The molecule has 166 valence electrons. The van der Waals surface area contributed by atoms with Crippen LogP contribution in [0.25, 0.3) is 0 Å². The largest absolute Gasteiger partial charge is 0.467 e. The Morgan fingerprint density at radius 1 is 1.24 bits per heavy atom. The fraction of sp³-hybridized carbons (Fsp3) is 0.818. The Balaban J connectivity index is 2.40. The van der Waals surface area contributed by atoms with E-state index in [2.05, 4.69) is 40.8 Å². The SMILES string of the molecule is COC(=O)C(C)(O)[C@@H]1C[C@@]2(C)C(=CC1=O)CC[C@H](O[Si](C)(C)C(C)(C)C)[C@@H]2OC. The van der Waals surface area contributed by atoms with Gasteiger partial charge in [0.25, 0.3) is 0 Å². The van der Waals surface area contributed by atoms with Crippen LogP contribution in [0, 0.1) is 11.3 Å². The van der Waals surface area contributed by atoms with Gasteiger partial charge in [-0.15, -0.1) is 0 Å². The highest BCUT2D eigenvalue weighted by molar-refractivity contribution is 6.74. The molecule has 0 amide bonds. The molecule has 0 saturated heterocycles. The second-order valence-corrected chi connectivity index (χ2v) is 15.3. The van der Waals surface area contributed by atoms with Crippen molar-refractivity contribution in [3.8, 4) is 0 Å². The van der Waals surface area contributed by atoms with E-state index in [-0.39, 0.29) is 23.0 Å². The van der Waals surface area contributed by atoms with Crippen molar-refractivity contribution in [2.24, 2.45) is 11.3 Å². The van der Waals surface area contributed by atoms with Crippen LogP contribution in [0.15, 0.2) is 11.6 Å². The lowest BCUT2D eigenvalue weighted by Crippen LogP contribution is -2.58. The van der Waals surface area contributed by atoms with Gasteiger partial charge in [0.15, 0.2) is 19.7 Å². The van der Waals surface area contributed by atoms with E-state index < -0.39 is 31.2 Å². The third kappa shape index (κ3) is 4.24. The van der Waals surface area contributed by atoms with Crippen molar-refractivity contribution in [2.45, 2.75) is 89.8 Å². The van der Waals surface area contributed by atoms with Crippen LogP contribution < -0.4 is 0 Å². The second kappa shape index (κ2) is 7.91. The molecule has 1 fully saturated rings. The summed E-state index contributed by atoms with van der Waals surface area (Å²) in [5.41, 5.74) is -1.37. The van der Waals surface area contributed by atoms with E-state index in [1.807, 2.05) is 0 Å². The van der Waals surface area contributed by atoms with Crippen LogP contribution >= 0.6 is 0 Å². The lowest BCUT2D eigenvalue weighted by atomic mass is 9.58. The molecule has 1 saturated carbocycles. The molecule has 2 aliphatic carbocycles. The molecular formula is C22H38O6Si. The van der Waals surface area contributed by atoms with Crippen LogP contribution in [0.5, 0.6) is 0 Å². The van der Waals surface area contributed by atoms with Crippen LogP contribution in [0.3, 0.4) is 0 Å². The first-order chi connectivity index (χ1) is 13.1. The van der Waals surface area contributed by atoms with Crippen molar-refractivity contribution in [3.05, 3.63) is 11.6 Å². The van der Waals surface area contributed by atoms with E-state index in [4.69, 9.17) is 13.9 Å². The molecule has 0 spiro atoms.